The molecule has 1 aliphatic heterocycles. The number of anilines is 2. The van der Waals surface area contributed by atoms with Crippen LogP contribution in [0.2, 0.25) is 0 Å². The number of hydrogen-bond acceptors (Lipinski definition) is 8. The van der Waals surface area contributed by atoms with E-state index in [0.717, 1.165) is 75.8 Å². The van der Waals surface area contributed by atoms with Crippen molar-refractivity contribution >= 4 is 34.9 Å². The van der Waals surface area contributed by atoms with Gasteiger partial charge in [0.25, 0.3) is 0 Å². The Morgan fingerprint density at radius 1 is 0.900 bits per heavy atom. The van der Waals surface area contributed by atoms with Crippen LogP contribution in [-0.2, 0) is 10.2 Å². The van der Waals surface area contributed by atoms with Gasteiger partial charge in [0.2, 0.25) is 0 Å². The van der Waals surface area contributed by atoms with Gasteiger partial charge in [-0.2, -0.15) is 5.10 Å². The van der Waals surface area contributed by atoms with Crippen LogP contribution in [0.3, 0.4) is 0 Å². The number of carbonyl (C=O) groups excluding carboxylic acids is 1. The normalized spacial score (nSPS) is 13.8. The highest BCUT2D eigenvalue weighted by molar-refractivity contribution is 7.99. The molecule has 3 aromatic heterocycles. The number of ether oxygens (including phenoxy) is 2. The van der Waals surface area contributed by atoms with Crippen molar-refractivity contribution in [1.29, 1.82) is 0 Å². The number of benzene rings is 3. The fourth-order valence-electron chi connectivity index (χ4n) is 5.49. The number of rotatable bonds is 9. The van der Waals surface area contributed by atoms with E-state index >= 15 is 0 Å². The van der Waals surface area contributed by atoms with E-state index < -0.39 is 0 Å². The van der Waals surface area contributed by atoms with Crippen LogP contribution < -0.4 is 15.4 Å². The number of carbonyl (C=O) groups is 1. The van der Waals surface area contributed by atoms with Gasteiger partial charge < -0.3 is 14.8 Å². The number of fused-ring (bicyclic) bond motifs is 1. The van der Waals surface area contributed by atoms with E-state index in [9.17, 15) is 4.79 Å². The smallest absolute Gasteiger partial charge is 0.324 e. The van der Waals surface area contributed by atoms with Crippen LogP contribution in [0, 0.1) is 6.92 Å². The van der Waals surface area contributed by atoms with E-state index in [0.29, 0.717) is 18.2 Å². The fourth-order valence-corrected chi connectivity index (χ4v) is 6.33. The minimum Gasteiger partial charge on any atom is -0.478 e. The lowest BCUT2D eigenvalue weighted by atomic mass is 9.92. The molecule has 0 atom stereocenters. The third-order valence-electron chi connectivity index (χ3n) is 8.33. The molecule has 12 heteroatoms. The zero-order valence-corrected chi connectivity index (χ0v) is 29.4. The highest BCUT2D eigenvalue weighted by Gasteiger charge is 2.22. The van der Waals surface area contributed by atoms with Gasteiger partial charge in [0.1, 0.15) is 18.3 Å². The van der Waals surface area contributed by atoms with Gasteiger partial charge >= 0.3 is 6.03 Å². The summed E-state index contributed by atoms with van der Waals surface area (Å²) in [6, 6.07) is 29.3. The summed E-state index contributed by atoms with van der Waals surface area (Å²) in [5, 5.41) is 19.6. The standard InChI is InChI=1S/C38H40N8O3S/c1-26-8-12-29(13-9-26)46-35(23-33(43-46)38(2,3)4)40-37(47)39-28-10-14-31(15-11-28)50-32-16-17-34-41-42-36(45(34)24-32)27-6-5-7-30(22-27)49-25-44-18-20-48-21-19-44/h5-17,22-24H,18-21,25H2,1-4H3,(H2,39,40,47). The lowest BCUT2D eigenvalue weighted by Gasteiger charge is -2.26. The molecule has 7 rings (SSSR count). The van der Waals surface area contributed by atoms with Gasteiger partial charge in [-0.1, -0.05) is 62.4 Å². The summed E-state index contributed by atoms with van der Waals surface area (Å²) >= 11 is 1.62. The largest absolute Gasteiger partial charge is 0.478 e. The number of morpholine rings is 1. The Hall–Kier alpha value is -5.17. The van der Waals surface area contributed by atoms with Crippen LogP contribution in [0.5, 0.6) is 5.75 Å². The van der Waals surface area contributed by atoms with E-state index in [2.05, 4.69) is 46.5 Å². The van der Waals surface area contributed by atoms with Gasteiger partial charge in [-0.25, -0.2) is 9.48 Å². The highest BCUT2D eigenvalue weighted by atomic mass is 32.2. The minimum atomic E-state index is -0.347. The summed E-state index contributed by atoms with van der Waals surface area (Å²) in [6.45, 7) is 12.1. The number of amides is 2. The number of aryl methyl sites for hydroxylation is 1. The molecule has 6 aromatic rings. The monoisotopic (exact) mass is 688 g/mol. The number of aromatic nitrogens is 5. The molecule has 11 nitrogen and oxygen atoms in total. The summed E-state index contributed by atoms with van der Waals surface area (Å²) in [4.78, 5) is 17.4. The molecule has 1 fully saturated rings. The summed E-state index contributed by atoms with van der Waals surface area (Å²) in [5.74, 6) is 2.12. The number of urea groups is 1. The Kier molecular flexibility index (Phi) is 9.57. The van der Waals surface area contributed by atoms with Crippen molar-refractivity contribution in [2.45, 2.75) is 42.9 Å². The van der Waals surface area contributed by atoms with Crippen molar-refractivity contribution in [1.82, 2.24) is 29.3 Å². The summed E-state index contributed by atoms with van der Waals surface area (Å²) in [5.41, 5.74) is 5.09. The van der Waals surface area contributed by atoms with Crippen LogP contribution >= 0.6 is 11.8 Å². The Morgan fingerprint density at radius 2 is 1.66 bits per heavy atom. The maximum absolute atomic E-state index is 13.1. The number of nitrogens with one attached hydrogen (secondary N) is 2. The lowest BCUT2D eigenvalue weighted by molar-refractivity contribution is 0.00408. The highest BCUT2D eigenvalue weighted by Crippen LogP contribution is 2.31. The molecule has 0 bridgehead atoms. The average Bonchev–Trinajstić information content (AvgIpc) is 3.74. The zero-order chi connectivity index (χ0) is 34.7. The van der Waals surface area contributed by atoms with Crippen molar-refractivity contribution in [2.24, 2.45) is 0 Å². The molecule has 0 saturated carbocycles. The van der Waals surface area contributed by atoms with E-state index in [1.807, 2.05) is 109 Å². The van der Waals surface area contributed by atoms with Crippen LogP contribution in [0.25, 0.3) is 22.7 Å². The Labute approximate surface area is 295 Å². The van der Waals surface area contributed by atoms with Crippen LogP contribution in [0.4, 0.5) is 16.3 Å². The molecule has 2 N–H and O–H groups in total. The molecule has 0 spiro atoms. The topological polar surface area (TPSA) is 111 Å². The number of pyridine rings is 1. The van der Waals surface area contributed by atoms with E-state index in [4.69, 9.17) is 14.6 Å². The molecule has 3 aromatic carbocycles. The first-order chi connectivity index (χ1) is 24.2. The van der Waals surface area contributed by atoms with Gasteiger partial charge in [0.15, 0.2) is 11.5 Å². The molecule has 1 aliphatic rings. The zero-order valence-electron chi connectivity index (χ0n) is 28.6. The van der Waals surface area contributed by atoms with Crippen molar-refractivity contribution in [3.8, 4) is 22.8 Å². The second-order valence-corrected chi connectivity index (χ2v) is 14.4. The maximum Gasteiger partial charge on any atom is 0.324 e. The van der Waals surface area contributed by atoms with Gasteiger partial charge in [-0.15, -0.1) is 10.2 Å². The van der Waals surface area contributed by atoms with E-state index in [1.165, 1.54) is 0 Å². The lowest BCUT2D eigenvalue weighted by Crippen LogP contribution is -2.38. The minimum absolute atomic E-state index is 0.181. The molecule has 0 radical (unpaired) electrons. The Morgan fingerprint density at radius 3 is 2.42 bits per heavy atom. The molecule has 4 heterocycles. The van der Waals surface area contributed by atoms with Gasteiger partial charge in [0.05, 0.1) is 24.6 Å². The summed E-state index contributed by atoms with van der Waals surface area (Å²) < 4.78 is 15.3. The molecular weight excluding hydrogens is 649 g/mol. The maximum atomic E-state index is 13.1. The first-order valence-electron chi connectivity index (χ1n) is 16.6. The molecule has 0 aliphatic carbocycles. The van der Waals surface area contributed by atoms with E-state index in [1.54, 1.807) is 16.4 Å². The third-order valence-corrected chi connectivity index (χ3v) is 9.32. The third kappa shape index (κ3) is 7.83. The van der Waals surface area contributed by atoms with Gasteiger partial charge in [0, 0.05) is 51.8 Å². The molecule has 0 unspecified atom stereocenters. The van der Waals surface area contributed by atoms with Crippen LogP contribution in [0.15, 0.2) is 107 Å². The predicted molar refractivity (Wildman–Crippen MR) is 197 cm³/mol. The fraction of sp³-hybridized carbons (Fsp3) is 0.263. The molecular formula is C38H40N8O3S. The average molecular weight is 689 g/mol. The van der Waals surface area contributed by atoms with Crippen molar-refractivity contribution in [3.63, 3.8) is 0 Å². The number of nitrogens with zero attached hydrogens (tertiary/aromatic N) is 6. The molecule has 256 valence electrons. The van der Waals surface area contributed by atoms with Crippen molar-refractivity contribution in [3.05, 3.63) is 108 Å². The molecule has 2 amide bonds. The van der Waals surface area contributed by atoms with Gasteiger partial charge in [-0.3, -0.25) is 14.6 Å². The molecule has 50 heavy (non-hydrogen) atoms. The Bertz CT molecular complexity index is 2100. The number of hydrogen-bond donors (Lipinski definition) is 2. The summed E-state index contributed by atoms with van der Waals surface area (Å²) in [7, 11) is 0. The Balaban J connectivity index is 1.01. The van der Waals surface area contributed by atoms with Crippen LogP contribution in [-0.4, -0.2) is 68.3 Å². The molecule has 1 saturated heterocycles. The first kappa shape index (κ1) is 33.3. The van der Waals surface area contributed by atoms with Crippen LogP contribution in [0.1, 0.15) is 32.0 Å². The van der Waals surface area contributed by atoms with Gasteiger partial charge in [-0.05, 0) is 67.6 Å². The second kappa shape index (κ2) is 14.4. The quantitative estimate of drug-likeness (QED) is 0.159. The second-order valence-electron chi connectivity index (χ2n) is 13.3. The first-order valence-corrected chi connectivity index (χ1v) is 17.4. The van der Waals surface area contributed by atoms with E-state index in [-0.39, 0.29) is 11.4 Å². The van der Waals surface area contributed by atoms with Crippen molar-refractivity contribution < 1.29 is 14.3 Å². The summed E-state index contributed by atoms with van der Waals surface area (Å²) in [6.07, 6.45) is 2.04. The predicted octanol–water partition coefficient (Wildman–Crippen LogP) is 7.65. The SMILES string of the molecule is Cc1ccc(-n2nc(C(C)(C)C)cc2NC(=O)Nc2ccc(Sc3ccc4nnc(-c5cccc(OCN6CCOCC6)c5)n4c3)cc2)cc1. The van der Waals surface area contributed by atoms with Crippen molar-refractivity contribution in [2.75, 3.05) is 43.7 Å².